The van der Waals surface area contributed by atoms with Crippen LogP contribution in [0.4, 0.5) is 0 Å². The maximum Gasteiger partial charge on any atom is 0.0313 e. The van der Waals surface area contributed by atoms with Crippen molar-refractivity contribution in [2.75, 3.05) is 14.1 Å². The average Bonchev–Trinajstić information content (AvgIpc) is 2.05. The van der Waals surface area contributed by atoms with E-state index in [0.717, 1.165) is 0 Å². The molecule has 1 aromatic rings. The Morgan fingerprint density at radius 2 is 1.58 bits per heavy atom. The molecule has 1 aromatic carbocycles. The lowest BCUT2D eigenvalue weighted by Gasteiger charge is -2.19. The summed E-state index contributed by atoms with van der Waals surface area (Å²) in [5, 5.41) is 0. The van der Waals surface area contributed by atoms with E-state index >= 15 is 0 Å². The standard InChI is InChI=1S/C10H15N.HI/c1-9(11(2)3)10-7-5-4-6-8-10;/h4-9H,1-3H3;1H/t9-;/m0./s1. The summed E-state index contributed by atoms with van der Waals surface area (Å²) < 4.78 is 0. The molecule has 0 radical (unpaired) electrons. The molecule has 12 heavy (non-hydrogen) atoms. The number of hydrogen-bond donors (Lipinski definition) is 0. The van der Waals surface area contributed by atoms with E-state index in [0.29, 0.717) is 6.04 Å². The van der Waals surface area contributed by atoms with Crippen molar-refractivity contribution in [3.63, 3.8) is 0 Å². The van der Waals surface area contributed by atoms with Gasteiger partial charge in [-0.15, -0.1) is 24.0 Å². The molecule has 0 spiro atoms. The summed E-state index contributed by atoms with van der Waals surface area (Å²) in [6.45, 7) is 2.20. The van der Waals surface area contributed by atoms with Crippen molar-refractivity contribution in [3.8, 4) is 0 Å². The smallest absolute Gasteiger partial charge is 0.0313 e. The van der Waals surface area contributed by atoms with E-state index in [1.165, 1.54) is 5.56 Å². The van der Waals surface area contributed by atoms with E-state index in [-0.39, 0.29) is 24.0 Å². The molecule has 1 nitrogen and oxygen atoms in total. The first-order valence-corrected chi connectivity index (χ1v) is 3.93. The predicted octanol–water partition coefficient (Wildman–Crippen LogP) is 2.93. The summed E-state index contributed by atoms with van der Waals surface area (Å²) in [5.41, 5.74) is 1.37. The Hall–Kier alpha value is -0.0900. The van der Waals surface area contributed by atoms with Crippen LogP contribution in [0.2, 0.25) is 0 Å². The lowest BCUT2D eigenvalue weighted by atomic mass is 10.1. The molecule has 0 aromatic heterocycles. The molecular formula is C10H16IN. The third-order valence-corrected chi connectivity index (χ3v) is 2.06. The zero-order valence-corrected chi connectivity index (χ0v) is 10.1. The summed E-state index contributed by atoms with van der Waals surface area (Å²) in [6, 6.07) is 11.0. The highest BCUT2D eigenvalue weighted by Gasteiger charge is 2.04. The van der Waals surface area contributed by atoms with Gasteiger partial charge in [0.15, 0.2) is 0 Å². The van der Waals surface area contributed by atoms with Crippen molar-refractivity contribution >= 4 is 24.0 Å². The Balaban J connectivity index is 0.00000121. The fourth-order valence-corrected chi connectivity index (χ4v) is 1.03. The van der Waals surface area contributed by atoms with Crippen LogP contribution in [0, 0.1) is 0 Å². The van der Waals surface area contributed by atoms with Gasteiger partial charge < -0.3 is 4.90 Å². The summed E-state index contributed by atoms with van der Waals surface area (Å²) in [6.07, 6.45) is 0. The lowest BCUT2D eigenvalue weighted by molar-refractivity contribution is 0.321. The number of halogens is 1. The van der Waals surface area contributed by atoms with Crippen molar-refractivity contribution in [3.05, 3.63) is 35.9 Å². The van der Waals surface area contributed by atoms with Crippen molar-refractivity contribution < 1.29 is 0 Å². The number of nitrogens with zero attached hydrogens (tertiary/aromatic N) is 1. The summed E-state index contributed by atoms with van der Waals surface area (Å²) in [4.78, 5) is 2.20. The van der Waals surface area contributed by atoms with Crippen molar-refractivity contribution in [1.82, 2.24) is 4.90 Å². The topological polar surface area (TPSA) is 3.24 Å². The minimum atomic E-state index is 0. The van der Waals surface area contributed by atoms with E-state index in [4.69, 9.17) is 0 Å². The van der Waals surface area contributed by atoms with Gasteiger partial charge in [0.1, 0.15) is 0 Å². The minimum absolute atomic E-state index is 0. The molecule has 0 fully saturated rings. The van der Waals surface area contributed by atoms with Crippen LogP contribution in [0.1, 0.15) is 18.5 Å². The molecule has 0 unspecified atom stereocenters. The number of benzene rings is 1. The van der Waals surface area contributed by atoms with Crippen LogP contribution in [-0.2, 0) is 0 Å². The molecule has 0 saturated carbocycles. The minimum Gasteiger partial charge on any atom is -0.303 e. The fourth-order valence-electron chi connectivity index (χ4n) is 1.03. The number of rotatable bonds is 2. The van der Waals surface area contributed by atoms with Gasteiger partial charge in [0.25, 0.3) is 0 Å². The average molecular weight is 277 g/mol. The Kier molecular flexibility index (Phi) is 5.50. The van der Waals surface area contributed by atoms with Gasteiger partial charge in [-0.05, 0) is 26.6 Å². The SMILES string of the molecule is C[C@@H](c1ccccc1)N(C)C.I. The van der Waals surface area contributed by atoms with Gasteiger partial charge in [0.2, 0.25) is 0 Å². The van der Waals surface area contributed by atoms with Crippen LogP contribution in [0.25, 0.3) is 0 Å². The van der Waals surface area contributed by atoms with Crippen LogP contribution >= 0.6 is 24.0 Å². The highest BCUT2D eigenvalue weighted by atomic mass is 127. The molecular weight excluding hydrogens is 261 g/mol. The molecule has 2 heteroatoms. The first-order valence-electron chi connectivity index (χ1n) is 3.93. The van der Waals surface area contributed by atoms with Crippen molar-refractivity contribution in [1.29, 1.82) is 0 Å². The van der Waals surface area contributed by atoms with Crippen molar-refractivity contribution in [2.45, 2.75) is 13.0 Å². The third kappa shape index (κ3) is 3.11. The van der Waals surface area contributed by atoms with Gasteiger partial charge in [0.05, 0.1) is 0 Å². The Labute approximate surface area is 91.8 Å². The second-order valence-corrected chi connectivity index (χ2v) is 3.05. The lowest BCUT2D eigenvalue weighted by Crippen LogP contribution is -2.16. The largest absolute Gasteiger partial charge is 0.303 e. The molecule has 0 saturated heterocycles. The normalized spacial score (nSPS) is 12.3. The fraction of sp³-hybridized carbons (Fsp3) is 0.400. The van der Waals surface area contributed by atoms with Gasteiger partial charge >= 0.3 is 0 Å². The van der Waals surface area contributed by atoms with E-state index in [1.54, 1.807) is 0 Å². The van der Waals surface area contributed by atoms with Gasteiger partial charge in [-0.2, -0.15) is 0 Å². The predicted molar refractivity (Wildman–Crippen MR) is 64.0 cm³/mol. The molecule has 0 aliphatic rings. The van der Waals surface area contributed by atoms with Gasteiger partial charge in [0, 0.05) is 6.04 Å². The second-order valence-electron chi connectivity index (χ2n) is 3.05. The molecule has 1 rings (SSSR count). The summed E-state index contributed by atoms with van der Waals surface area (Å²) >= 11 is 0. The highest BCUT2D eigenvalue weighted by Crippen LogP contribution is 2.15. The van der Waals surface area contributed by atoms with E-state index in [1.807, 2.05) is 6.07 Å². The molecule has 0 heterocycles. The molecule has 0 N–H and O–H groups in total. The van der Waals surface area contributed by atoms with Crippen LogP contribution in [0.5, 0.6) is 0 Å². The zero-order valence-electron chi connectivity index (χ0n) is 7.82. The number of hydrogen-bond acceptors (Lipinski definition) is 1. The first kappa shape index (κ1) is 11.9. The second kappa shape index (κ2) is 5.54. The molecule has 1 atom stereocenters. The maximum absolute atomic E-state index is 2.20. The Morgan fingerprint density at radius 1 is 1.08 bits per heavy atom. The molecule has 0 aliphatic carbocycles. The molecule has 0 amide bonds. The van der Waals surface area contributed by atoms with Crippen LogP contribution in [0.3, 0.4) is 0 Å². The van der Waals surface area contributed by atoms with Crippen LogP contribution < -0.4 is 0 Å². The molecule has 0 aliphatic heterocycles. The first-order chi connectivity index (χ1) is 5.22. The van der Waals surface area contributed by atoms with Crippen LogP contribution in [0.15, 0.2) is 30.3 Å². The maximum atomic E-state index is 2.20. The Bertz CT molecular complexity index is 208. The molecule has 68 valence electrons. The van der Waals surface area contributed by atoms with Gasteiger partial charge in [-0.3, -0.25) is 0 Å². The van der Waals surface area contributed by atoms with Gasteiger partial charge in [-0.1, -0.05) is 30.3 Å². The van der Waals surface area contributed by atoms with Gasteiger partial charge in [-0.25, -0.2) is 0 Å². The zero-order chi connectivity index (χ0) is 8.27. The summed E-state index contributed by atoms with van der Waals surface area (Å²) in [7, 11) is 4.19. The molecule has 0 bridgehead atoms. The highest BCUT2D eigenvalue weighted by molar-refractivity contribution is 14.0. The van der Waals surface area contributed by atoms with E-state index < -0.39 is 0 Å². The summed E-state index contributed by atoms with van der Waals surface area (Å²) in [5.74, 6) is 0. The monoisotopic (exact) mass is 277 g/mol. The quantitative estimate of drug-likeness (QED) is 0.751. The van der Waals surface area contributed by atoms with E-state index in [9.17, 15) is 0 Å². The van der Waals surface area contributed by atoms with Crippen molar-refractivity contribution in [2.24, 2.45) is 0 Å². The third-order valence-electron chi connectivity index (χ3n) is 2.06. The Morgan fingerprint density at radius 3 is 2.00 bits per heavy atom. The van der Waals surface area contributed by atoms with E-state index in [2.05, 4.69) is 50.2 Å². The van der Waals surface area contributed by atoms with Crippen LogP contribution in [-0.4, -0.2) is 19.0 Å².